The van der Waals surface area contributed by atoms with Crippen molar-refractivity contribution in [3.8, 4) is 0 Å². The van der Waals surface area contributed by atoms with E-state index in [9.17, 15) is 61.0 Å². The number of carbonyl (C=O) groups excluding carboxylic acids is 1. The minimum atomic E-state index is -1.98. The predicted octanol–water partition coefficient (Wildman–Crippen LogP) is 7.83. The molecule has 0 spiro atoms. The van der Waals surface area contributed by atoms with Crippen LogP contribution in [-0.4, -0.2) is 193 Å². The maximum absolute atomic E-state index is 13.4. The number of aliphatic hydroxyl groups excluding tert-OH is 11. The van der Waals surface area contributed by atoms with Crippen LogP contribution < -0.4 is 5.32 Å². The van der Waals surface area contributed by atoms with Crippen molar-refractivity contribution in [3.05, 3.63) is 48.6 Å². The molecule has 0 aromatic rings. The second-order valence-corrected chi connectivity index (χ2v) is 23.9. The third-order valence-corrected chi connectivity index (χ3v) is 16.6. The highest BCUT2D eigenvalue weighted by Crippen LogP contribution is 2.33. The van der Waals surface area contributed by atoms with Crippen LogP contribution in [0.15, 0.2) is 48.6 Å². The normalized spacial score (nSPS) is 29.3. The van der Waals surface area contributed by atoms with E-state index >= 15 is 0 Å². The molecule has 19 nitrogen and oxygen atoms in total. The van der Waals surface area contributed by atoms with Gasteiger partial charge in [0.15, 0.2) is 18.9 Å². The zero-order valence-corrected chi connectivity index (χ0v) is 52.1. The van der Waals surface area contributed by atoms with Crippen LogP contribution in [0.5, 0.6) is 0 Å². The average molecular weight is 1210 g/mol. The van der Waals surface area contributed by atoms with E-state index in [1.54, 1.807) is 6.08 Å². The van der Waals surface area contributed by atoms with Gasteiger partial charge in [-0.15, -0.1) is 0 Å². The quantitative estimate of drug-likeness (QED) is 0.0204. The maximum atomic E-state index is 13.4. The summed E-state index contributed by atoms with van der Waals surface area (Å²) in [5, 5.41) is 120. The van der Waals surface area contributed by atoms with Crippen molar-refractivity contribution in [2.75, 3.05) is 26.4 Å². The van der Waals surface area contributed by atoms with Gasteiger partial charge in [-0.25, -0.2) is 0 Å². The van der Waals surface area contributed by atoms with Crippen molar-refractivity contribution >= 4 is 5.91 Å². The lowest BCUT2D eigenvalue weighted by atomic mass is 9.96. The van der Waals surface area contributed by atoms with E-state index in [0.29, 0.717) is 6.42 Å². The molecule has 1 amide bonds. The first-order chi connectivity index (χ1) is 41.3. The van der Waals surface area contributed by atoms with Gasteiger partial charge in [-0.05, 0) is 57.8 Å². The molecule has 0 aromatic carbocycles. The molecule has 17 unspecified atom stereocenters. The summed E-state index contributed by atoms with van der Waals surface area (Å²) in [6.07, 6.45) is 29.3. The molecule has 3 fully saturated rings. The number of rotatable bonds is 50. The van der Waals surface area contributed by atoms with Crippen molar-refractivity contribution in [2.24, 2.45) is 0 Å². The Balaban J connectivity index is 1.46. The Bertz CT molecular complexity index is 1740. The number of hydrogen-bond donors (Lipinski definition) is 12. The minimum absolute atomic E-state index is 0.234. The number of carbonyl (C=O) groups is 1. The number of aliphatic hydroxyl groups is 11. The van der Waals surface area contributed by atoms with E-state index in [4.69, 9.17) is 28.4 Å². The van der Waals surface area contributed by atoms with Gasteiger partial charge in [0, 0.05) is 6.42 Å². The lowest BCUT2D eigenvalue weighted by Gasteiger charge is -2.48. The highest BCUT2D eigenvalue weighted by molar-refractivity contribution is 5.76. The van der Waals surface area contributed by atoms with Crippen LogP contribution in [0.25, 0.3) is 0 Å². The van der Waals surface area contributed by atoms with Crippen molar-refractivity contribution in [1.82, 2.24) is 5.32 Å². The van der Waals surface area contributed by atoms with Crippen LogP contribution in [0.2, 0.25) is 0 Å². The van der Waals surface area contributed by atoms with Gasteiger partial charge in [0.25, 0.3) is 0 Å². The second kappa shape index (κ2) is 48.6. The Kier molecular flexibility index (Phi) is 44.0. The van der Waals surface area contributed by atoms with Gasteiger partial charge >= 0.3 is 0 Å². The highest BCUT2D eigenvalue weighted by atomic mass is 16.8. The Morgan fingerprint density at radius 3 is 1.21 bits per heavy atom. The molecular formula is C66H119NO18. The summed E-state index contributed by atoms with van der Waals surface area (Å²) in [5.74, 6) is -0.283. The Labute approximate surface area is 510 Å². The fourth-order valence-corrected chi connectivity index (χ4v) is 11.1. The minimum Gasteiger partial charge on any atom is -0.394 e. The molecule has 0 saturated carbocycles. The molecule has 85 heavy (non-hydrogen) atoms. The molecule has 3 aliphatic rings. The summed E-state index contributed by atoms with van der Waals surface area (Å²) < 4.78 is 34.3. The number of unbranched alkanes of at least 4 members (excludes halogenated alkanes) is 28. The van der Waals surface area contributed by atoms with Crippen LogP contribution in [0, 0.1) is 0 Å². The van der Waals surface area contributed by atoms with E-state index in [1.165, 1.54) is 135 Å². The molecule has 3 heterocycles. The second-order valence-electron chi connectivity index (χ2n) is 23.9. The molecule has 0 aliphatic carbocycles. The topological polar surface area (TPSA) is 307 Å². The summed E-state index contributed by atoms with van der Waals surface area (Å²) in [6.45, 7) is 1.72. The van der Waals surface area contributed by atoms with E-state index in [2.05, 4.69) is 55.6 Å². The first kappa shape index (κ1) is 77.0. The maximum Gasteiger partial charge on any atom is 0.220 e. The van der Waals surface area contributed by atoms with Crippen LogP contribution in [0.4, 0.5) is 0 Å². The van der Waals surface area contributed by atoms with E-state index < -0.39 is 124 Å². The monoisotopic (exact) mass is 1210 g/mol. The number of hydrogen-bond acceptors (Lipinski definition) is 18. The Morgan fingerprint density at radius 1 is 0.424 bits per heavy atom. The average Bonchev–Trinajstić information content (AvgIpc) is 3.64. The van der Waals surface area contributed by atoms with Gasteiger partial charge in [0.05, 0.1) is 38.6 Å². The summed E-state index contributed by atoms with van der Waals surface area (Å²) in [6, 6.07) is -0.978. The first-order valence-electron chi connectivity index (χ1n) is 33.4. The molecule has 19 heteroatoms. The van der Waals surface area contributed by atoms with Crippen LogP contribution in [0.3, 0.4) is 0 Å². The predicted molar refractivity (Wildman–Crippen MR) is 328 cm³/mol. The Morgan fingerprint density at radius 2 is 0.776 bits per heavy atom. The molecule has 0 radical (unpaired) electrons. The Hall–Kier alpha value is -2.25. The summed E-state index contributed by atoms with van der Waals surface area (Å²) in [4.78, 5) is 13.4. The molecule has 3 aliphatic heterocycles. The summed E-state index contributed by atoms with van der Waals surface area (Å²) in [5.41, 5.74) is 0. The summed E-state index contributed by atoms with van der Waals surface area (Å²) >= 11 is 0. The number of amides is 1. The van der Waals surface area contributed by atoms with Crippen LogP contribution in [-0.2, 0) is 33.2 Å². The van der Waals surface area contributed by atoms with Crippen molar-refractivity contribution in [3.63, 3.8) is 0 Å². The third-order valence-electron chi connectivity index (χ3n) is 16.6. The largest absolute Gasteiger partial charge is 0.394 e. The van der Waals surface area contributed by atoms with Gasteiger partial charge in [-0.2, -0.15) is 0 Å². The lowest BCUT2D eigenvalue weighted by molar-refractivity contribution is -0.379. The van der Waals surface area contributed by atoms with E-state index in [0.717, 1.165) is 70.6 Å². The molecule has 3 rings (SSSR count). The van der Waals surface area contributed by atoms with Crippen molar-refractivity contribution < 1.29 is 89.4 Å². The standard InChI is InChI=1S/C66H119NO18/c1-3-5-7-9-11-13-15-17-19-21-22-23-24-25-26-28-30-32-34-36-38-40-42-44-54(72)67-49(50(71)43-41-39-37-35-33-31-29-27-20-18-16-14-12-10-8-6-4-2)48-80-64-60(78)57(75)62(52(46-69)82-64)85-66-61(79)58(76)63(53(47-70)83-66)84-65-59(77)56(74)55(73)51(45-68)81-65/h15,17,21-22,24-25,41,43,49-53,55-66,68-71,73-79H,3-14,16,18-20,23,26-40,42,44-48H2,1-2H3,(H,67,72)/b17-15-,22-21-,25-24-,43-41+. The van der Waals surface area contributed by atoms with E-state index in [1.807, 2.05) is 6.08 Å². The number of allylic oxidation sites excluding steroid dienone is 7. The van der Waals surface area contributed by atoms with Crippen LogP contribution in [0.1, 0.15) is 232 Å². The number of ether oxygens (including phenoxy) is 6. The summed E-state index contributed by atoms with van der Waals surface area (Å²) in [7, 11) is 0. The van der Waals surface area contributed by atoms with Gasteiger partial charge in [0.1, 0.15) is 73.2 Å². The molecule has 0 aromatic heterocycles. The van der Waals surface area contributed by atoms with E-state index in [-0.39, 0.29) is 18.9 Å². The SMILES string of the molecule is CCCCCCC/C=C\C/C=C\C/C=C\CCCCCCCCCCC(=O)NC(COC1OC(CO)C(OC2OC(CO)C(OC3OC(CO)C(O)C(O)C3O)C(O)C2O)C(O)C1O)C(O)/C=C/CCCCCCCCCCCCCCCCC. The van der Waals surface area contributed by atoms with Crippen LogP contribution >= 0.6 is 0 Å². The molecule has 0 bridgehead atoms. The van der Waals surface area contributed by atoms with Crippen molar-refractivity contribution in [2.45, 2.75) is 336 Å². The molecule has 17 atom stereocenters. The smallest absolute Gasteiger partial charge is 0.220 e. The fourth-order valence-electron chi connectivity index (χ4n) is 11.1. The van der Waals surface area contributed by atoms with Gasteiger partial charge in [-0.3, -0.25) is 4.79 Å². The lowest BCUT2D eigenvalue weighted by Crippen LogP contribution is -2.66. The molecule has 12 N–H and O–H groups in total. The first-order valence-corrected chi connectivity index (χ1v) is 33.4. The van der Waals surface area contributed by atoms with Gasteiger partial charge in [-0.1, -0.05) is 217 Å². The third kappa shape index (κ3) is 31.4. The number of nitrogens with one attached hydrogen (secondary N) is 1. The van der Waals surface area contributed by atoms with Gasteiger partial charge < -0.3 is 89.9 Å². The zero-order chi connectivity index (χ0) is 61.9. The molecular weight excluding hydrogens is 1090 g/mol. The molecule has 3 saturated heterocycles. The zero-order valence-electron chi connectivity index (χ0n) is 52.1. The highest BCUT2D eigenvalue weighted by Gasteiger charge is 2.53. The fraction of sp³-hybridized carbons (Fsp3) is 0.864. The van der Waals surface area contributed by atoms with Crippen molar-refractivity contribution in [1.29, 1.82) is 0 Å². The molecule has 496 valence electrons. The van der Waals surface area contributed by atoms with Gasteiger partial charge in [0.2, 0.25) is 5.91 Å².